The quantitative estimate of drug-likeness (QED) is 0.363. The van der Waals surface area contributed by atoms with E-state index in [1.807, 2.05) is 31.2 Å². The molecular weight excluding hydrogens is 448 g/mol. The highest BCUT2D eigenvalue weighted by Crippen LogP contribution is 2.34. The molecule has 0 saturated carbocycles. The molecule has 4 rings (SSSR count). The summed E-state index contributed by atoms with van der Waals surface area (Å²) in [6.45, 7) is 3.30. The average Bonchev–Trinajstić information content (AvgIpc) is 3.36. The minimum atomic E-state index is -0.426. The minimum absolute atomic E-state index is 0.205. The molecule has 0 unspecified atom stereocenters. The number of hydrogen-bond donors (Lipinski definition) is 2. The van der Waals surface area contributed by atoms with Gasteiger partial charge in [0.25, 0.3) is 5.91 Å². The van der Waals surface area contributed by atoms with E-state index in [4.69, 9.17) is 9.15 Å². The van der Waals surface area contributed by atoms with Crippen molar-refractivity contribution in [3.05, 3.63) is 58.8 Å². The summed E-state index contributed by atoms with van der Waals surface area (Å²) in [4.78, 5) is 24.8. The number of methoxy groups -OCH3 is 1. The van der Waals surface area contributed by atoms with E-state index in [9.17, 15) is 9.59 Å². The Morgan fingerprint density at radius 2 is 1.94 bits per heavy atom. The summed E-state index contributed by atoms with van der Waals surface area (Å²) in [5, 5.41) is 15.5. The van der Waals surface area contributed by atoms with Crippen LogP contribution in [0.5, 0.6) is 5.75 Å². The molecule has 0 aliphatic carbocycles. The number of furan rings is 1. The Labute approximate surface area is 192 Å². The lowest BCUT2D eigenvalue weighted by Gasteiger charge is -2.13. The topological polar surface area (TPSA) is 106 Å². The molecular formula is C22H20N4O4S2. The summed E-state index contributed by atoms with van der Waals surface area (Å²) in [5.74, 6) is 0.562. The van der Waals surface area contributed by atoms with Crippen LogP contribution in [-0.4, -0.2) is 29.1 Å². The number of carbonyl (C=O) groups excluding carboxylic acids is 2. The molecule has 2 heterocycles. The van der Waals surface area contributed by atoms with E-state index in [-0.39, 0.29) is 11.7 Å². The third-order valence-corrected chi connectivity index (χ3v) is 6.54. The van der Waals surface area contributed by atoms with Crippen LogP contribution < -0.4 is 15.4 Å². The largest absolute Gasteiger partial charge is 0.497 e. The number of nitrogens with one attached hydrogen (secondary N) is 2. The second-order valence-electron chi connectivity index (χ2n) is 6.83. The zero-order valence-electron chi connectivity index (χ0n) is 17.6. The monoisotopic (exact) mass is 468 g/mol. The van der Waals surface area contributed by atoms with Gasteiger partial charge in [0.1, 0.15) is 16.3 Å². The SMILES string of the molecule is COc1ccc(NC(C)=O)c(NC(=O)c2oc3ccccc3c2CSc2nnc(C)s2)c1. The number of hydrogen-bond acceptors (Lipinski definition) is 8. The Balaban J connectivity index is 1.67. The highest BCUT2D eigenvalue weighted by Gasteiger charge is 2.22. The fourth-order valence-corrected chi connectivity index (χ4v) is 4.97. The number of fused-ring (bicyclic) bond motifs is 1. The van der Waals surface area contributed by atoms with Crippen molar-refractivity contribution >= 4 is 57.3 Å². The van der Waals surface area contributed by atoms with Gasteiger partial charge in [-0.2, -0.15) is 0 Å². The van der Waals surface area contributed by atoms with Gasteiger partial charge in [0.2, 0.25) is 5.91 Å². The predicted octanol–water partition coefficient (Wildman–Crippen LogP) is 5.10. The summed E-state index contributed by atoms with van der Waals surface area (Å²) < 4.78 is 12.0. The average molecular weight is 469 g/mol. The van der Waals surface area contributed by atoms with Gasteiger partial charge in [0, 0.05) is 29.7 Å². The number of benzene rings is 2. The van der Waals surface area contributed by atoms with Crippen molar-refractivity contribution in [2.45, 2.75) is 23.9 Å². The fraction of sp³-hybridized carbons (Fsp3) is 0.182. The molecule has 0 bridgehead atoms. The first kappa shape index (κ1) is 21.8. The van der Waals surface area contributed by atoms with Crippen LogP contribution in [0.2, 0.25) is 0 Å². The molecule has 2 aromatic carbocycles. The molecule has 32 heavy (non-hydrogen) atoms. The van der Waals surface area contributed by atoms with E-state index in [0.29, 0.717) is 28.5 Å². The normalized spacial score (nSPS) is 10.8. The van der Waals surface area contributed by atoms with Gasteiger partial charge >= 0.3 is 0 Å². The van der Waals surface area contributed by atoms with Crippen LogP contribution in [0.15, 0.2) is 51.2 Å². The Morgan fingerprint density at radius 1 is 1.12 bits per heavy atom. The Bertz CT molecular complexity index is 1300. The van der Waals surface area contributed by atoms with Crippen molar-refractivity contribution in [2.24, 2.45) is 0 Å². The molecule has 2 amide bonds. The minimum Gasteiger partial charge on any atom is -0.497 e. The number of thioether (sulfide) groups is 1. The van der Waals surface area contributed by atoms with E-state index < -0.39 is 5.91 Å². The Morgan fingerprint density at radius 3 is 2.66 bits per heavy atom. The number of aromatic nitrogens is 2. The lowest BCUT2D eigenvalue weighted by molar-refractivity contribution is -0.114. The molecule has 0 fully saturated rings. The molecule has 8 nitrogen and oxygen atoms in total. The van der Waals surface area contributed by atoms with E-state index in [1.54, 1.807) is 18.2 Å². The number of amides is 2. The number of rotatable bonds is 7. The molecule has 0 atom stereocenters. The van der Waals surface area contributed by atoms with Crippen molar-refractivity contribution < 1.29 is 18.7 Å². The van der Waals surface area contributed by atoms with Gasteiger partial charge in [0.05, 0.1) is 18.5 Å². The molecule has 0 saturated heterocycles. The molecule has 10 heteroatoms. The Kier molecular flexibility index (Phi) is 6.42. The maximum absolute atomic E-state index is 13.3. The second kappa shape index (κ2) is 9.41. The van der Waals surface area contributed by atoms with Gasteiger partial charge in [0.15, 0.2) is 10.1 Å². The number of carbonyl (C=O) groups is 2. The van der Waals surface area contributed by atoms with Crippen LogP contribution in [0.25, 0.3) is 11.0 Å². The maximum Gasteiger partial charge on any atom is 0.291 e. The van der Waals surface area contributed by atoms with Gasteiger partial charge in [-0.15, -0.1) is 10.2 Å². The summed E-state index contributed by atoms with van der Waals surface area (Å²) in [6, 6.07) is 12.5. The maximum atomic E-state index is 13.3. The third-order valence-electron chi connectivity index (χ3n) is 4.54. The van der Waals surface area contributed by atoms with Crippen LogP contribution in [0.4, 0.5) is 11.4 Å². The number of nitrogens with zero attached hydrogens (tertiary/aromatic N) is 2. The van der Waals surface area contributed by atoms with Gasteiger partial charge in [-0.3, -0.25) is 9.59 Å². The Hall–Kier alpha value is -3.37. The van der Waals surface area contributed by atoms with Crippen molar-refractivity contribution in [3.63, 3.8) is 0 Å². The van der Waals surface area contributed by atoms with Crippen molar-refractivity contribution in [1.82, 2.24) is 10.2 Å². The van der Waals surface area contributed by atoms with Gasteiger partial charge < -0.3 is 19.8 Å². The highest BCUT2D eigenvalue weighted by molar-refractivity contribution is 8.00. The van der Waals surface area contributed by atoms with Gasteiger partial charge in [-0.05, 0) is 25.1 Å². The van der Waals surface area contributed by atoms with E-state index in [0.717, 1.165) is 20.3 Å². The lowest BCUT2D eigenvalue weighted by Crippen LogP contribution is -2.16. The predicted molar refractivity (Wildman–Crippen MR) is 126 cm³/mol. The van der Waals surface area contributed by atoms with Crippen LogP contribution in [0, 0.1) is 6.92 Å². The third kappa shape index (κ3) is 4.76. The molecule has 0 spiro atoms. The smallest absolute Gasteiger partial charge is 0.291 e. The van der Waals surface area contributed by atoms with Crippen LogP contribution in [0.3, 0.4) is 0 Å². The fourth-order valence-electron chi connectivity index (χ4n) is 3.13. The number of ether oxygens (including phenoxy) is 1. The first-order valence-electron chi connectivity index (χ1n) is 9.65. The van der Waals surface area contributed by atoms with E-state index >= 15 is 0 Å². The standard InChI is InChI=1S/C22H20N4O4S2/c1-12(27)23-17-9-8-14(29-3)10-18(17)24-21(28)20-16(11-31-22-26-25-13(2)32-22)15-6-4-5-7-19(15)30-20/h4-10H,11H2,1-3H3,(H,23,27)(H,24,28). The number of aryl methyl sites for hydroxylation is 1. The van der Waals surface area contributed by atoms with E-state index in [1.165, 1.54) is 37.1 Å². The van der Waals surface area contributed by atoms with Crippen LogP contribution in [-0.2, 0) is 10.5 Å². The first-order valence-corrected chi connectivity index (χ1v) is 11.4. The summed E-state index contributed by atoms with van der Waals surface area (Å²) in [5.41, 5.74) is 2.25. The lowest BCUT2D eigenvalue weighted by atomic mass is 10.1. The number of para-hydroxylation sites is 1. The molecule has 0 aliphatic rings. The first-order chi connectivity index (χ1) is 15.4. The molecule has 2 aromatic heterocycles. The molecule has 4 aromatic rings. The highest BCUT2D eigenvalue weighted by atomic mass is 32.2. The summed E-state index contributed by atoms with van der Waals surface area (Å²) in [7, 11) is 1.53. The zero-order valence-corrected chi connectivity index (χ0v) is 19.2. The molecule has 0 radical (unpaired) electrons. The molecule has 0 aliphatic heterocycles. The van der Waals surface area contributed by atoms with Crippen molar-refractivity contribution in [1.29, 1.82) is 0 Å². The number of anilines is 2. The van der Waals surface area contributed by atoms with Crippen molar-refractivity contribution in [3.8, 4) is 5.75 Å². The summed E-state index contributed by atoms with van der Waals surface area (Å²) in [6.07, 6.45) is 0. The molecule has 2 N–H and O–H groups in total. The van der Waals surface area contributed by atoms with Gasteiger partial charge in [-0.1, -0.05) is 41.3 Å². The zero-order chi connectivity index (χ0) is 22.7. The molecule has 164 valence electrons. The second-order valence-corrected chi connectivity index (χ2v) is 9.23. The van der Waals surface area contributed by atoms with Crippen molar-refractivity contribution in [2.75, 3.05) is 17.7 Å². The van der Waals surface area contributed by atoms with Gasteiger partial charge in [-0.25, -0.2) is 0 Å². The van der Waals surface area contributed by atoms with Crippen LogP contribution in [0.1, 0.15) is 28.0 Å². The van der Waals surface area contributed by atoms with Crippen LogP contribution >= 0.6 is 23.1 Å². The summed E-state index contributed by atoms with van der Waals surface area (Å²) >= 11 is 3.00. The van der Waals surface area contributed by atoms with E-state index in [2.05, 4.69) is 20.8 Å².